The van der Waals surface area contributed by atoms with Crippen molar-refractivity contribution in [2.45, 2.75) is 44.9 Å². The zero-order chi connectivity index (χ0) is 9.22. The average molecular weight is 181 g/mol. The molecule has 2 saturated heterocycles. The van der Waals surface area contributed by atoms with Gasteiger partial charge < -0.3 is 10.1 Å². The van der Waals surface area contributed by atoms with Crippen LogP contribution in [0.4, 0.5) is 0 Å². The van der Waals surface area contributed by atoms with Crippen LogP contribution < -0.4 is 5.32 Å². The molecule has 0 aromatic rings. The Morgan fingerprint density at radius 2 is 2.08 bits per heavy atom. The fraction of sp³-hybridized carbons (Fsp3) is 0.900. The number of carbonyl (C=O) groups excluding carboxylic acids is 1. The number of nitrogens with one attached hydrogen (secondary N) is 1. The van der Waals surface area contributed by atoms with Crippen LogP contribution in [-0.4, -0.2) is 24.2 Å². The number of rotatable bonds is 1. The fourth-order valence-corrected chi connectivity index (χ4v) is 3.07. The van der Waals surface area contributed by atoms with Crippen LogP contribution in [0.1, 0.15) is 26.7 Å². The van der Waals surface area contributed by atoms with Gasteiger partial charge in [0.15, 0.2) is 0 Å². The van der Waals surface area contributed by atoms with E-state index >= 15 is 0 Å². The molecule has 2 heterocycles. The minimum absolute atomic E-state index is 0.0399. The van der Waals surface area contributed by atoms with E-state index in [0.717, 1.165) is 12.8 Å². The summed E-state index contributed by atoms with van der Waals surface area (Å²) in [5.41, 5.74) is -0.0399. The molecular weight excluding hydrogens is 166 g/mol. The second kappa shape index (κ2) is 2.08. The lowest BCUT2D eigenvalue weighted by Gasteiger charge is -2.49. The molecule has 0 bridgehead atoms. The highest BCUT2D eigenvalue weighted by atomic mass is 16.6. The Kier molecular flexibility index (Phi) is 1.25. The Bertz CT molecular complexity index is 264. The van der Waals surface area contributed by atoms with Gasteiger partial charge in [-0.1, -0.05) is 13.8 Å². The summed E-state index contributed by atoms with van der Waals surface area (Å²) in [6.07, 6.45) is 2.75. The zero-order valence-electron chi connectivity index (χ0n) is 8.04. The lowest BCUT2D eigenvalue weighted by atomic mass is 9.66. The highest BCUT2D eigenvalue weighted by molar-refractivity contribution is 5.91. The third-order valence-corrected chi connectivity index (χ3v) is 3.82. The van der Waals surface area contributed by atoms with Gasteiger partial charge in [0.05, 0.1) is 17.6 Å². The first-order valence-corrected chi connectivity index (χ1v) is 5.10. The average Bonchev–Trinajstić information content (AvgIpc) is 2.69. The topological polar surface area (TPSA) is 41.6 Å². The second-order valence-corrected chi connectivity index (χ2v) is 4.97. The summed E-state index contributed by atoms with van der Waals surface area (Å²) < 4.78 is 5.38. The molecule has 0 aromatic heterocycles. The number of β-lactam (4-membered cyclic amide) rings is 1. The van der Waals surface area contributed by atoms with Gasteiger partial charge in [0.1, 0.15) is 0 Å². The number of carbonyl (C=O) groups is 1. The van der Waals surface area contributed by atoms with E-state index in [2.05, 4.69) is 19.2 Å². The molecule has 3 atom stereocenters. The van der Waals surface area contributed by atoms with Gasteiger partial charge >= 0.3 is 0 Å². The first kappa shape index (κ1) is 7.80. The van der Waals surface area contributed by atoms with E-state index in [-0.39, 0.29) is 11.3 Å². The predicted molar refractivity (Wildman–Crippen MR) is 47.1 cm³/mol. The summed E-state index contributed by atoms with van der Waals surface area (Å²) in [5.74, 6) is 0.817. The highest BCUT2D eigenvalue weighted by Crippen LogP contribution is 2.56. The first-order valence-electron chi connectivity index (χ1n) is 5.10. The standard InChI is InChI=1S/C10H15NO2/c1-5(2)8-10(9(12)11-8)3-6-7(4-10)13-6/h5-8H,3-4H2,1-2H3,(H,11,12). The van der Waals surface area contributed by atoms with Crippen LogP contribution >= 0.6 is 0 Å². The molecule has 1 aliphatic carbocycles. The molecule has 1 N–H and O–H groups in total. The number of hydrogen-bond donors (Lipinski definition) is 1. The van der Waals surface area contributed by atoms with E-state index in [1.54, 1.807) is 0 Å². The van der Waals surface area contributed by atoms with Crippen molar-refractivity contribution in [3.05, 3.63) is 0 Å². The van der Waals surface area contributed by atoms with Crippen molar-refractivity contribution in [1.29, 1.82) is 0 Å². The van der Waals surface area contributed by atoms with Crippen molar-refractivity contribution in [3.8, 4) is 0 Å². The molecule has 1 spiro atoms. The monoisotopic (exact) mass is 181 g/mol. The molecule has 72 valence electrons. The van der Waals surface area contributed by atoms with E-state index in [0.29, 0.717) is 24.2 Å². The van der Waals surface area contributed by atoms with Crippen molar-refractivity contribution in [2.75, 3.05) is 0 Å². The Balaban J connectivity index is 1.84. The van der Waals surface area contributed by atoms with Crippen molar-refractivity contribution in [3.63, 3.8) is 0 Å². The largest absolute Gasteiger partial charge is 0.370 e. The molecule has 3 aliphatic rings. The van der Waals surface area contributed by atoms with Crippen molar-refractivity contribution in [2.24, 2.45) is 11.3 Å². The minimum atomic E-state index is -0.0399. The predicted octanol–water partition coefficient (Wildman–Crippen LogP) is 0.688. The molecular formula is C10H15NO2. The molecule has 3 fully saturated rings. The summed E-state index contributed by atoms with van der Waals surface area (Å²) in [5, 5.41) is 3.02. The summed E-state index contributed by atoms with van der Waals surface area (Å²) in [6.45, 7) is 4.35. The number of ether oxygens (including phenoxy) is 1. The number of hydrogen-bond acceptors (Lipinski definition) is 2. The van der Waals surface area contributed by atoms with Crippen LogP contribution in [-0.2, 0) is 9.53 Å². The number of epoxide rings is 1. The molecule has 3 heteroatoms. The van der Waals surface area contributed by atoms with Gasteiger partial charge in [0.2, 0.25) is 5.91 Å². The smallest absolute Gasteiger partial charge is 0.228 e. The van der Waals surface area contributed by atoms with Crippen LogP contribution in [0.25, 0.3) is 0 Å². The first-order chi connectivity index (χ1) is 6.13. The minimum Gasteiger partial charge on any atom is -0.370 e. The highest BCUT2D eigenvalue weighted by Gasteiger charge is 2.67. The summed E-state index contributed by atoms with van der Waals surface area (Å²) in [4.78, 5) is 11.6. The van der Waals surface area contributed by atoms with Gasteiger partial charge in [-0.2, -0.15) is 0 Å². The van der Waals surface area contributed by atoms with Crippen molar-refractivity contribution < 1.29 is 9.53 Å². The Labute approximate surface area is 77.8 Å². The van der Waals surface area contributed by atoms with Crippen molar-refractivity contribution in [1.82, 2.24) is 5.32 Å². The van der Waals surface area contributed by atoms with Gasteiger partial charge in [0, 0.05) is 6.04 Å². The molecule has 0 aromatic carbocycles. The molecule has 1 amide bonds. The molecule has 13 heavy (non-hydrogen) atoms. The quantitative estimate of drug-likeness (QED) is 0.477. The van der Waals surface area contributed by atoms with E-state index in [1.807, 2.05) is 0 Å². The van der Waals surface area contributed by atoms with Crippen LogP contribution in [0.15, 0.2) is 0 Å². The molecule has 3 rings (SSSR count). The maximum Gasteiger partial charge on any atom is 0.228 e. The van der Waals surface area contributed by atoms with Gasteiger partial charge in [-0.25, -0.2) is 0 Å². The number of fused-ring (bicyclic) bond motifs is 1. The van der Waals surface area contributed by atoms with Gasteiger partial charge in [-0.05, 0) is 18.8 Å². The third-order valence-electron chi connectivity index (χ3n) is 3.82. The maximum absolute atomic E-state index is 11.6. The second-order valence-electron chi connectivity index (χ2n) is 4.97. The van der Waals surface area contributed by atoms with E-state index in [9.17, 15) is 4.79 Å². The summed E-state index contributed by atoms with van der Waals surface area (Å²) >= 11 is 0. The molecule has 3 unspecified atom stereocenters. The van der Waals surface area contributed by atoms with Crippen LogP contribution in [0, 0.1) is 11.3 Å². The molecule has 1 saturated carbocycles. The summed E-state index contributed by atoms with van der Waals surface area (Å²) in [6, 6.07) is 0.399. The third kappa shape index (κ3) is 0.810. The Hall–Kier alpha value is -0.570. The molecule has 0 radical (unpaired) electrons. The van der Waals surface area contributed by atoms with Gasteiger partial charge in [-0.15, -0.1) is 0 Å². The Morgan fingerprint density at radius 1 is 1.46 bits per heavy atom. The normalized spacial score (nSPS) is 51.9. The number of amides is 1. The molecule has 2 aliphatic heterocycles. The van der Waals surface area contributed by atoms with Crippen LogP contribution in [0.2, 0.25) is 0 Å². The molecule has 3 nitrogen and oxygen atoms in total. The van der Waals surface area contributed by atoms with Gasteiger partial charge in [0.25, 0.3) is 0 Å². The van der Waals surface area contributed by atoms with E-state index in [4.69, 9.17) is 4.74 Å². The fourth-order valence-electron chi connectivity index (χ4n) is 3.07. The lowest BCUT2D eigenvalue weighted by molar-refractivity contribution is -0.150. The van der Waals surface area contributed by atoms with E-state index < -0.39 is 0 Å². The SMILES string of the molecule is CC(C)C1NC(=O)C12CC1OC1C2. The zero-order valence-corrected chi connectivity index (χ0v) is 8.04. The van der Waals surface area contributed by atoms with Crippen LogP contribution in [0.5, 0.6) is 0 Å². The van der Waals surface area contributed by atoms with Crippen molar-refractivity contribution >= 4 is 5.91 Å². The summed E-state index contributed by atoms with van der Waals surface area (Å²) in [7, 11) is 0. The van der Waals surface area contributed by atoms with E-state index in [1.165, 1.54) is 0 Å². The van der Waals surface area contributed by atoms with Crippen LogP contribution in [0.3, 0.4) is 0 Å². The maximum atomic E-state index is 11.6. The lowest BCUT2D eigenvalue weighted by Crippen LogP contribution is -2.68. The van der Waals surface area contributed by atoms with Gasteiger partial charge in [-0.3, -0.25) is 4.79 Å². The Morgan fingerprint density at radius 3 is 2.54 bits per heavy atom.